The van der Waals surface area contributed by atoms with Crippen molar-refractivity contribution in [1.82, 2.24) is 20.4 Å². The lowest BCUT2D eigenvalue weighted by atomic mass is 9.78. The van der Waals surface area contributed by atoms with Gasteiger partial charge in [-0.25, -0.2) is 0 Å². The van der Waals surface area contributed by atoms with E-state index in [1.54, 1.807) is 31.3 Å². The minimum Gasteiger partial charge on any atom is -0.457 e. The summed E-state index contributed by atoms with van der Waals surface area (Å²) in [5.41, 5.74) is 0.868. The molecule has 0 unspecified atom stereocenters. The van der Waals surface area contributed by atoms with Gasteiger partial charge in [0.2, 0.25) is 11.8 Å². The number of aliphatic hydroxyl groups excluding tert-OH is 1. The van der Waals surface area contributed by atoms with Gasteiger partial charge in [-0.15, -0.1) is 0 Å². The van der Waals surface area contributed by atoms with Crippen molar-refractivity contribution in [3.8, 4) is 11.5 Å². The first-order chi connectivity index (χ1) is 21.3. The van der Waals surface area contributed by atoms with Gasteiger partial charge in [-0.1, -0.05) is 51.2 Å². The van der Waals surface area contributed by atoms with Gasteiger partial charge in [0.25, 0.3) is 5.91 Å². The van der Waals surface area contributed by atoms with Crippen LogP contribution in [0, 0.1) is 5.92 Å². The highest BCUT2D eigenvalue weighted by atomic mass is 16.5. The van der Waals surface area contributed by atoms with Gasteiger partial charge in [0, 0.05) is 38.8 Å². The van der Waals surface area contributed by atoms with Crippen LogP contribution in [0.2, 0.25) is 0 Å². The number of nitrogens with zero attached hydrogens (tertiary/aromatic N) is 2. The second kappa shape index (κ2) is 14.6. The van der Waals surface area contributed by atoms with Crippen LogP contribution in [-0.2, 0) is 16.1 Å². The van der Waals surface area contributed by atoms with Gasteiger partial charge in [0.05, 0.1) is 6.10 Å². The van der Waals surface area contributed by atoms with Crippen LogP contribution >= 0.6 is 0 Å². The zero-order chi connectivity index (χ0) is 31.1. The van der Waals surface area contributed by atoms with Crippen LogP contribution in [0.5, 0.6) is 11.5 Å². The molecule has 1 spiro atoms. The number of aliphatic hydroxyl groups is 1. The monoisotopic (exact) mass is 604 g/mol. The Morgan fingerprint density at radius 2 is 1.64 bits per heavy atom. The summed E-state index contributed by atoms with van der Waals surface area (Å²) in [4.78, 5) is 43.7. The van der Waals surface area contributed by atoms with Crippen molar-refractivity contribution in [3.63, 3.8) is 0 Å². The third kappa shape index (κ3) is 7.10. The van der Waals surface area contributed by atoms with E-state index in [-0.39, 0.29) is 23.6 Å². The Morgan fingerprint density at radius 1 is 1.00 bits per heavy atom. The highest BCUT2D eigenvalue weighted by molar-refractivity contribution is 6.00. The van der Waals surface area contributed by atoms with Crippen LogP contribution in [0.1, 0.15) is 87.1 Å². The number of amides is 3. The molecule has 0 bridgehead atoms. The number of ether oxygens (including phenoxy) is 1. The molecule has 2 aliphatic heterocycles. The first-order valence-corrected chi connectivity index (χ1v) is 16.5. The molecule has 3 fully saturated rings. The summed E-state index contributed by atoms with van der Waals surface area (Å²) in [5, 5.41) is 16.8. The smallest absolute Gasteiger partial charge is 0.251 e. The Hall–Kier alpha value is -3.43. The fourth-order valence-corrected chi connectivity index (χ4v) is 7.12. The summed E-state index contributed by atoms with van der Waals surface area (Å²) in [6.45, 7) is 4.85. The minimum absolute atomic E-state index is 0.0674. The number of unbranched alkanes of at least 4 members (excludes halogenated alkanes) is 2. The van der Waals surface area contributed by atoms with Gasteiger partial charge in [-0.3, -0.25) is 19.3 Å². The maximum atomic E-state index is 13.9. The van der Waals surface area contributed by atoms with Crippen molar-refractivity contribution in [3.05, 3.63) is 59.7 Å². The number of nitrogens with one attached hydrogen (secondary N) is 2. The molecule has 0 aromatic heterocycles. The maximum absolute atomic E-state index is 13.9. The third-order valence-electron chi connectivity index (χ3n) is 9.81. The molecule has 2 atom stereocenters. The topological polar surface area (TPSA) is 111 Å². The zero-order valence-corrected chi connectivity index (χ0v) is 26.2. The van der Waals surface area contributed by atoms with E-state index in [0.29, 0.717) is 49.5 Å². The molecule has 1 saturated carbocycles. The molecule has 2 heterocycles. The Balaban J connectivity index is 1.20. The van der Waals surface area contributed by atoms with E-state index in [2.05, 4.69) is 22.5 Å². The number of carbonyl (C=O) groups excluding carboxylic acids is 3. The first kappa shape index (κ1) is 32.0. The number of hydrogen-bond acceptors (Lipinski definition) is 6. The van der Waals surface area contributed by atoms with E-state index in [9.17, 15) is 19.5 Å². The summed E-state index contributed by atoms with van der Waals surface area (Å²) in [6, 6.07) is 14.1. The van der Waals surface area contributed by atoms with Gasteiger partial charge >= 0.3 is 0 Å². The zero-order valence-electron chi connectivity index (χ0n) is 26.2. The van der Waals surface area contributed by atoms with Crippen LogP contribution in [0.3, 0.4) is 0 Å². The molecule has 5 rings (SSSR count). The lowest BCUT2D eigenvalue weighted by Crippen LogP contribution is -2.75. The number of piperidine rings is 1. The van der Waals surface area contributed by atoms with Gasteiger partial charge in [-0.05, 0) is 80.0 Å². The molecule has 2 aromatic rings. The normalized spacial score (nSPS) is 21.6. The van der Waals surface area contributed by atoms with Crippen LogP contribution < -0.4 is 15.4 Å². The lowest BCUT2D eigenvalue weighted by Gasteiger charge is -2.52. The Kier molecular flexibility index (Phi) is 10.6. The van der Waals surface area contributed by atoms with E-state index in [1.807, 2.05) is 29.2 Å². The van der Waals surface area contributed by atoms with Crippen LogP contribution in [0.25, 0.3) is 0 Å². The number of rotatable bonds is 11. The summed E-state index contributed by atoms with van der Waals surface area (Å²) in [7, 11) is 1.60. The quantitative estimate of drug-likeness (QED) is 0.323. The highest BCUT2D eigenvalue weighted by Crippen LogP contribution is 2.36. The second-order valence-electron chi connectivity index (χ2n) is 12.7. The molecule has 0 radical (unpaired) electrons. The fourth-order valence-electron chi connectivity index (χ4n) is 7.12. The van der Waals surface area contributed by atoms with Gasteiger partial charge < -0.3 is 25.4 Å². The number of benzene rings is 2. The Morgan fingerprint density at radius 3 is 2.25 bits per heavy atom. The second-order valence-corrected chi connectivity index (χ2v) is 12.7. The van der Waals surface area contributed by atoms with Gasteiger partial charge in [0.15, 0.2) is 0 Å². The van der Waals surface area contributed by atoms with E-state index in [0.717, 1.165) is 57.1 Å². The molecule has 44 heavy (non-hydrogen) atoms. The molecule has 2 saturated heterocycles. The van der Waals surface area contributed by atoms with Gasteiger partial charge in [-0.2, -0.15) is 0 Å². The SMILES string of the molecule is CCCCCN1C(=O)[C@@H]([C@H](O)C2CCCCC2)NC(=O)C12CCN(Cc1ccc(Oc3ccc(C(=O)NC)cc3)cc1)CC2. The fraction of sp³-hybridized carbons (Fsp3) is 0.571. The van der Waals surface area contributed by atoms with Crippen LogP contribution in [0.15, 0.2) is 48.5 Å². The molecule has 3 N–H and O–H groups in total. The van der Waals surface area contributed by atoms with Crippen LogP contribution in [-0.4, -0.2) is 77.0 Å². The van der Waals surface area contributed by atoms with Crippen molar-refractivity contribution >= 4 is 17.7 Å². The molecular formula is C35H48N4O5. The molecule has 238 valence electrons. The summed E-state index contributed by atoms with van der Waals surface area (Å²) in [6.07, 6.45) is 8.37. The predicted octanol–water partition coefficient (Wildman–Crippen LogP) is 4.63. The maximum Gasteiger partial charge on any atom is 0.251 e. The van der Waals surface area contributed by atoms with Crippen molar-refractivity contribution in [1.29, 1.82) is 0 Å². The summed E-state index contributed by atoms with van der Waals surface area (Å²) >= 11 is 0. The largest absolute Gasteiger partial charge is 0.457 e. The number of carbonyl (C=O) groups is 3. The highest BCUT2D eigenvalue weighted by Gasteiger charge is 2.55. The molecule has 1 aliphatic carbocycles. The summed E-state index contributed by atoms with van der Waals surface area (Å²) < 4.78 is 5.96. The van der Waals surface area contributed by atoms with E-state index >= 15 is 0 Å². The van der Waals surface area contributed by atoms with Crippen molar-refractivity contribution in [2.24, 2.45) is 5.92 Å². The van der Waals surface area contributed by atoms with E-state index in [1.165, 1.54) is 6.42 Å². The van der Waals surface area contributed by atoms with E-state index in [4.69, 9.17) is 4.74 Å². The number of piperazine rings is 1. The standard InChI is InChI=1S/C35H48N4O5/c1-3-4-8-21-39-33(42)30(31(40)26-9-6-5-7-10-26)37-34(43)35(39)19-22-38(23-20-35)24-25-11-15-28(16-12-25)44-29-17-13-27(14-18-29)32(41)36-2/h11-18,26,30-31,40H,3-10,19-24H2,1-2H3,(H,36,41)(H,37,43)/t30-,31-/m1/s1. The lowest BCUT2D eigenvalue weighted by molar-refractivity contribution is -0.166. The molecular weight excluding hydrogens is 556 g/mol. The van der Waals surface area contributed by atoms with Crippen LogP contribution in [0.4, 0.5) is 0 Å². The first-order valence-electron chi connectivity index (χ1n) is 16.5. The molecule has 3 amide bonds. The molecule has 9 nitrogen and oxygen atoms in total. The minimum atomic E-state index is -0.852. The summed E-state index contributed by atoms with van der Waals surface area (Å²) in [5.74, 6) is 1.09. The van der Waals surface area contributed by atoms with E-state index < -0.39 is 17.7 Å². The third-order valence-corrected chi connectivity index (χ3v) is 9.81. The van der Waals surface area contributed by atoms with Gasteiger partial charge in [0.1, 0.15) is 23.1 Å². The number of hydrogen-bond donors (Lipinski definition) is 3. The average Bonchev–Trinajstić information content (AvgIpc) is 3.06. The predicted molar refractivity (Wildman–Crippen MR) is 169 cm³/mol. The Labute approximate surface area is 261 Å². The van der Waals surface area contributed by atoms with Crippen molar-refractivity contribution in [2.75, 3.05) is 26.7 Å². The molecule has 2 aromatic carbocycles. The molecule has 3 aliphatic rings. The Bertz CT molecular complexity index is 1270. The van der Waals surface area contributed by atoms with Crippen molar-refractivity contribution in [2.45, 2.75) is 95.4 Å². The number of likely N-dealkylation sites (tertiary alicyclic amines) is 1. The van der Waals surface area contributed by atoms with Crippen molar-refractivity contribution < 1.29 is 24.2 Å². The molecule has 9 heteroatoms. The average molecular weight is 605 g/mol.